The van der Waals surface area contributed by atoms with Gasteiger partial charge in [-0.15, -0.1) is 0 Å². The maximum Gasteiger partial charge on any atom is 0.0879 e. The summed E-state index contributed by atoms with van der Waals surface area (Å²) in [7, 11) is 0. The Hall–Kier alpha value is -1.44. The third kappa shape index (κ3) is 1.74. The van der Waals surface area contributed by atoms with Crippen LogP contribution in [-0.2, 0) is 0 Å². The van der Waals surface area contributed by atoms with Gasteiger partial charge < -0.3 is 0 Å². The maximum absolute atomic E-state index is 6.85. The summed E-state index contributed by atoms with van der Waals surface area (Å²) < 4.78 is 0. The molecular formula is C9H10N2. The molecule has 0 aliphatic heterocycles. The fourth-order valence-corrected chi connectivity index (χ4v) is 0.905. The van der Waals surface area contributed by atoms with Gasteiger partial charge in [-0.25, -0.2) is 5.53 Å². The SMILES string of the molecule is C/C=C(\N=N)c1ccccc1. The second kappa shape index (κ2) is 3.66. The highest BCUT2D eigenvalue weighted by atomic mass is 15.0. The van der Waals surface area contributed by atoms with Crippen molar-refractivity contribution in [2.24, 2.45) is 5.11 Å². The smallest absolute Gasteiger partial charge is 0.0879 e. The Kier molecular flexibility index (Phi) is 2.55. The minimum absolute atomic E-state index is 0.714. The number of hydrogen-bond donors (Lipinski definition) is 1. The lowest BCUT2D eigenvalue weighted by molar-refractivity contribution is 1.15. The predicted octanol–water partition coefficient (Wildman–Crippen LogP) is 3.08. The van der Waals surface area contributed by atoms with Gasteiger partial charge in [-0.2, -0.15) is 5.11 Å². The minimum atomic E-state index is 0.714. The summed E-state index contributed by atoms with van der Waals surface area (Å²) >= 11 is 0. The molecule has 0 aliphatic carbocycles. The fraction of sp³-hybridized carbons (Fsp3) is 0.111. The monoisotopic (exact) mass is 146 g/mol. The van der Waals surface area contributed by atoms with E-state index in [1.54, 1.807) is 0 Å². The Labute approximate surface area is 66.1 Å². The molecule has 0 radical (unpaired) electrons. The molecule has 1 rings (SSSR count). The highest BCUT2D eigenvalue weighted by Crippen LogP contribution is 2.13. The summed E-state index contributed by atoms with van der Waals surface area (Å²) in [6, 6.07) is 9.69. The van der Waals surface area contributed by atoms with E-state index < -0.39 is 0 Å². The van der Waals surface area contributed by atoms with Crippen molar-refractivity contribution in [3.05, 3.63) is 42.0 Å². The lowest BCUT2D eigenvalue weighted by atomic mass is 10.1. The van der Waals surface area contributed by atoms with Crippen LogP contribution >= 0.6 is 0 Å². The number of allylic oxidation sites excluding steroid dienone is 1. The predicted molar refractivity (Wildman–Crippen MR) is 45.2 cm³/mol. The molecule has 0 saturated carbocycles. The van der Waals surface area contributed by atoms with Crippen molar-refractivity contribution in [2.75, 3.05) is 0 Å². The highest BCUT2D eigenvalue weighted by Gasteiger charge is 1.94. The van der Waals surface area contributed by atoms with E-state index in [1.165, 1.54) is 0 Å². The van der Waals surface area contributed by atoms with E-state index in [9.17, 15) is 0 Å². The summed E-state index contributed by atoms with van der Waals surface area (Å²) in [6.45, 7) is 1.88. The molecule has 56 valence electrons. The molecule has 2 heteroatoms. The van der Waals surface area contributed by atoms with Crippen LogP contribution < -0.4 is 0 Å². The van der Waals surface area contributed by atoms with Gasteiger partial charge in [0.05, 0.1) is 5.70 Å². The summed E-state index contributed by atoms with van der Waals surface area (Å²) in [5, 5.41) is 3.39. The summed E-state index contributed by atoms with van der Waals surface area (Å²) in [6.07, 6.45) is 1.82. The molecule has 0 aromatic heterocycles. The van der Waals surface area contributed by atoms with Crippen molar-refractivity contribution >= 4 is 5.70 Å². The van der Waals surface area contributed by atoms with Gasteiger partial charge in [-0.05, 0) is 6.92 Å². The normalized spacial score (nSPS) is 11.2. The van der Waals surface area contributed by atoms with Crippen LogP contribution in [0.5, 0.6) is 0 Å². The summed E-state index contributed by atoms with van der Waals surface area (Å²) in [5.74, 6) is 0. The highest BCUT2D eigenvalue weighted by molar-refractivity contribution is 5.63. The first-order valence-corrected chi connectivity index (χ1v) is 3.47. The molecule has 0 saturated heterocycles. The number of rotatable bonds is 2. The maximum atomic E-state index is 6.85. The molecule has 0 heterocycles. The van der Waals surface area contributed by atoms with E-state index in [2.05, 4.69) is 5.11 Å². The average Bonchev–Trinajstić information content (AvgIpc) is 2.09. The molecule has 11 heavy (non-hydrogen) atoms. The largest absolute Gasteiger partial charge is 0.204 e. The molecule has 0 fully saturated rings. The number of benzene rings is 1. The molecule has 0 bridgehead atoms. The number of nitrogens with zero attached hydrogens (tertiary/aromatic N) is 1. The lowest BCUT2D eigenvalue weighted by Gasteiger charge is -1.96. The van der Waals surface area contributed by atoms with Crippen molar-refractivity contribution in [3.8, 4) is 0 Å². The zero-order valence-corrected chi connectivity index (χ0v) is 6.41. The Morgan fingerprint density at radius 3 is 2.45 bits per heavy atom. The van der Waals surface area contributed by atoms with Crippen molar-refractivity contribution in [1.29, 1.82) is 5.53 Å². The van der Waals surface area contributed by atoms with Crippen molar-refractivity contribution < 1.29 is 0 Å². The molecule has 0 spiro atoms. The topological polar surface area (TPSA) is 36.2 Å². The van der Waals surface area contributed by atoms with Gasteiger partial charge in [0.2, 0.25) is 0 Å². The molecule has 1 aromatic rings. The first kappa shape index (κ1) is 7.66. The van der Waals surface area contributed by atoms with Crippen LogP contribution in [0.2, 0.25) is 0 Å². The van der Waals surface area contributed by atoms with E-state index >= 15 is 0 Å². The van der Waals surface area contributed by atoms with Crippen molar-refractivity contribution in [1.82, 2.24) is 0 Å². The van der Waals surface area contributed by atoms with Gasteiger partial charge in [0.15, 0.2) is 0 Å². The molecule has 2 nitrogen and oxygen atoms in total. The summed E-state index contributed by atoms with van der Waals surface area (Å²) in [5.41, 5.74) is 8.56. The Morgan fingerprint density at radius 1 is 1.36 bits per heavy atom. The second-order valence-electron chi connectivity index (χ2n) is 2.15. The molecule has 1 N–H and O–H groups in total. The molecular weight excluding hydrogens is 136 g/mol. The van der Waals surface area contributed by atoms with Crippen LogP contribution in [0.15, 0.2) is 41.5 Å². The van der Waals surface area contributed by atoms with Crippen LogP contribution in [0.1, 0.15) is 12.5 Å². The number of nitrogens with one attached hydrogen (secondary N) is 1. The molecule has 0 atom stereocenters. The Morgan fingerprint density at radius 2 is 2.00 bits per heavy atom. The molecule has 0 unspecified atom stereocenters. The number of hydrogen-bond acceptors (Lipinski definition) is 2. The van der Waals surface area contributed by atoms with E-state index in [0.717, 1.165) is 5.56 Å². The average molecular weight is 146 g/mol. The molecule has 0 amide bonds. The van der Waals surface area contributed by atoms with Crippen LogP contribution in [-0.4, -0.2) is 0 Å². The van der Waals surface area contributed by atoms with Gasteiger partial charge in [0.1, 0.15) is 0 Å². The second-order valence-corrected chi connectivity index (χ2v) is 2.15. The summed E-state index contributed by atoms with van der Waals surface area (Å²) in [4.78, 5) is 0. The van der Waals surface area contributed by atoms with E-state index in [4.69, 9.17) is 5.53 Å². The molecule has 0 aliphatic rings. The third-order valence-corrected chi connectivity index (χ3v) is 1.46. The van der Waals surface area contributed by atoms with Gasteiger partial charge in [0, 0.05) is 5.56 Å². The third-order valence-electron chi connectivity index (χ3n) is 1.46. The fourth-order valence-electron chi connectivity index (χ4n) is 0.905. The van der Waals surface area contributed by atoms with Crippen LogP contribution in [0.3, 0.4) is 0 Å². The standard InChI is InChI=1S/C9H10N2/c1-2-9(11-10)8-6-4-3-5-7-8/h2-7,10H,1H3/b9-2-,11-10?. The first-order valence-electron chi connectivity index (χ1n) is 3.47. The van der Waals surface area contributed by atoms with Crippen LogP contribution in [0, 0.1) is 5.53 Å². The zero-order chi connectivity index (χ0) is 8.10. The van der Waals surface area contributed by atoms with Gasteiger partial charge in [-0.1, -0.05) is 36.4 Å². The Bertz CT molecular complexity index is 262. The lowest BCUT2D eigenvalue weighted by Crippen LogP contribution is -1.76. The van der Waals surface area contributed by atoms with Crippen molar-refractivity contribution in [2.45, 2.75) is 6.92 Å². The first-order chi connectivity index (χ1) is 5.38. The van der Waals surface area contributed by atoms with Crippen molar-refractivity contribution in [3.63, 3.8) is 0 Å². The van der Waals surface area contributed by atoms with Gasteiger partial charge in [-0.3, -0.25) is 0 Å². The van der Waals surface area contributed by atoms with E-state index in [0.29, 0.717) is 5.70 Å². The quantitative estimate of drug-likeness (QED) is 0.622. The van der Waals surface area contributed by atoms with E-state index in [1.807, 2.05) is 43.3 Å². The molecule has 1 aromatic carbocycles. The van der Waals surface area contributed by atoms with Crippen LogP contribution in [0.25, 0.3) is 5.70 Å². The minimum Gasteiger partial charge on any atom is -0.204 e. The van der Waals surface area contributed by atoms with Gasteiger partial charge >= 0.3 is 0 Å². The Balaban J connectivity index is 3.01. The van der Waals surface area contributed by atoms with Crippen LogP contribution in [0.4, 0.5) is 0 Å². The zero-order valence-electron chi connectivity index (χ0n) is 6.41. The van der Waals surface area contributed by atoms with Gasteiger partial charge in [0.25, 0.3) is 0 Å². The van der Waals surface area contributed by atoms with E-state index in [-0.39, 0.29) is 0 Å².